The second kappa shape index (κ2) is 10.7. The molecule has 7 nitrogen and oxygen atoms in total. The van der Waals surface area contributed by atoms with Gasteiger partial charge in [0, 0.05) is 45.3 Å². The molecule has 0 spiro atoms. The van der Waals surface area contributed by atoms with Gasteiger partial charge in [-0.1, -0.05) is 18.5 Å². The number of nitrogens with two attached hydrogens (primary N) is 1. The molecule has 2 rings (SSSR count). The van der Waals surface area contributed by atoms with Crippen LogP contribution >= 0.6 is 11.6 Å². The molecule has 1 atom stereocenters. The summed E-state index contributed by atoms with van der Waals surface area (Å²) in [6.07, 6.45) is 0. The molecule has 1 aliphatic heterocycles. The number of primary amides is 1. The van der Waals surface area contributed by atoms with Gasteiger partial charge in [0.05, 0.1) is 12.1 Å². The van der Waals surface area contributed by atoms with Crippen molar-refractivity contribution in [1.82, 2.24) is 15.1 Å². The maximum atomic E-state index is 10.9. The average molecular weight is 399 g/mol. The van der Waals surface area contributed by atoms with Gasteiger partial charge >= 0.3 is 0 Å². The first-order valence-corrected chi connectivity index (χ1v) is 9.77. The van der Waals surface area contributed by atoms with Crippen molar-refractivity contribution in [3.63, 3.8) is 0 Å². The molecule has 1 saturated heterocycles. The lowest BCUT2D eigenvalue weighted by atomic mass is 10.2. The molecule has 27 heavy (non-hydrogen) atoms. The van der Waals surface area contributed by atoms with Crippen molar-refractivity contribution in [2.24, 2.45) is 5.73 Å². The van der Waals surface area contributed by atoms with Crippen LogP contribution in [0.1, 0.15) is 19.4 Å². The molecule has 152 valence electrons. The second-order valence-corrected chi connectivity index (χ2v) is 7.22. The van der Waals surface area contributed by atoms with Crippen LogP contribution in [0.4, 0.5) is 0 Å². The van der Waals surface area contributed by atoms with Crippen LogP contribution in [0.2, 0.25) is 5.02 Å². The summed E-state index contributed by atoms with van der Waals surface area (Å²) in [4.78, 5) is 15.9. The molecule has 1 aromatic rings. The number of piperazine rings is 1. The predicted molar refractivity (Wildman–Crippen MR) is 108 cm³/mol. The second-order valence-electron chi connectivity index (χ2n) is 6.81. The SMILES string of the molecule is CCN1CCN(C(C)CNCc2cc(Cl)c(OCC(N)=O)c(OC)c2)CC1. The lowest BCUT2D eigenvalue weighted by Crippen LogP contribution is -2.51. The minimum absolute atomic E-state index is 0.240. The van der Waals surface area contributed by atoms with Crippen molar-refractivity contribution < 1.29 is 14.3 Å². The van der Waals surface area contributed by atoms with E-state index in [0.717, 1.165) is 44.8 Å². The monoisotopic (exact) mass is 398 g/mol. The molecule has 0 aromatic heterocycles. The number of likely N-dealkylation sites (N-methyl/N-ethyl adjacent to an activating group) is 1. The number of nitrogens with one attached hydrogen (secondary N) is 1. The molecule has 0 aliphatic carbocycles. The smallest absolute Gasteiger partial charge is 0.255 e. The summed E-state index contributed by atoms with van der Waals surface area (Å²) in [5.74, 6) is 0.265. The Hall–Kier alpha value is -1.54. The summed E-state index contributed by atoms with van der Waals surface area (Å²) in [6.45, 7) is 11.4. The molecule has 1 aromatic carbocycles. The largest absolute Gasteiger partial charge is 0.493 e. The molecule has 1 unspecified atom stereocenters. The summed E-state index contributed by atoms with van der Waals surface area (Å²) in [5, 5.41) is 3.89. The average Bonchev–Trinajstić information content (AvgIpc) is 2.66. The molecule has 3 N–H and O–H groups in total. The third-order valence-electron chi connectivity index (χ3n) is 4.89. The number of amides is 1. The van der Waals surface area contributed by atoms with Gasteiger partial charge in [0.2, 0.25) is 0 Å². The number of hydrogen-bond donors (Lipinski definition) is 2. The summed E-state index contributed by atoms with van der Waals surface area (Å²) in [5.41, 5.74) is 6.11. The van der Waals surface area contributed by atoms with Gasteiger partial charge in [-0.3, -0.25) is 9.69 Å². The molecule has 8 heteroatoms. The van der Waals surface area contributed by atoms with E-state index in [1.54, 1.807) is 0 Å². The lowest BCUT2D eigenvalue weighted by Gasteiger charge is -2.37. The van der Waals surface area contributed by atoms with Gasteiger partial charge in [-0.25, -0.2) is 0 Å². The van der Waals surface area contributed by atoms with Crippen LogP contribution in [0, 0.1) is 0 Å². The Balaban J connectivity index is 1.86. The Labute approximate surface area is 166 Å². The Morgan fingerprint density at radius 2 is 2.04 bits per heavy atom. The van der Waals surface area contributed by atoms with Gasteiger partial charge in [0.25, 0.3) is 5.91 Å². The number of carbonyl (C=O) groups excluding carboxylic acids is 1. The van der Waals surface area contributed by atoms with Gasteiger partial charge in [0.1, 0.15) is 0 Å². The fourth-order valence-electron chi connectivity index (χ4n) is 3.23. The van der Waals surface area contributed by atoms with Gasteiger partial charge in [-0.05, 0) is 31.2 Å². The lowest BCUT2D eigenvalue weighted by molar-refractivity contribution is -0.119. The summed E-state index contributed by atoms with van der Waals surface area (Å²) in [7, 11) is 1.54. The number of hydrogen-bond acceptors (Lipinski definition) is 6. The summed E-state index contributed by atoms with van der Waals surface area (Å²) < 4.78 is 10.7. The van der Waals surface area contributed by atoms with Crippen molar-refractivity contribution >= 4 is 17.5 Å². The molecule has 1 amide bonds. The van der Waals surface area contributed by atoms with E-state index in [4.69, 9.17) is 26.8 Å². The van der Waals surface area contributed by atoms with E-state index in [-0.39, 0.29) is 6.61 Å². The van der Waals surface area contributed by atoms with Gasteiger partial charge in [0.15, 0.2) is 18.1 Å². The number of carbonyl (C=O) groups is 1. The van der Waals surface area contributed by atoms with E-state index in [9.17, 15) is 4.79 Å². The zero-order chi connectivity index (χ0) is 19.8. The molecular formula is C19H31ClN4O3. The quantitative estimate of drug-likeness (QED) is 0.619. The molecule has 1 aliphatic rings. The Kier molecular flexibility index (Phi) is 8.63. The van der Waals surface area contributed by atoms with E-state index in [2.05, 4.69) is 29.0 Å². The van der Waals surface area contributed by atoms with E-state index in [1.165, 1.54) is 7.11 Å². The third-order valence-corrected chi connectivity index (χ3v) is 5.18. The van der Waals surface area contributed by atoms with Crippen molar-refractivity contribution in [3.8, 4) is 11.5 Å². The Morgan fingerprint density at radius 1 is 1.33 bits per heavy atom. The van der Waals surface area contributed by atoms with Gasteiger partial charge < -0.3 is 25.4 Å². The standard InChI is InChI=1S/C19H31ClN4O3/c1-4-23-5-7-24(8-6-23)14(2)11-22-12-15-9-16(20)19(17(10-15)26-3)27-13-18(21)25/h9-10,14,22H,4-8,11-13H2,1-3H3,(H2,21,25). The Morgan fingerprint density at radius 3 is 2.63 bits per heavy atom. The number of benzene rings is 1. The van der Waals surface area contributed by atoms with Crippen molar-refractivity contribution in [1.29, 1.82) is 0 Å². The van der Waals surface area contributed by atoms with Crippen LogP contribution < -0.4 is 20.5 Å². The Bertz CT molecular complexity index is 621. The van der Waals surface area contributed by atoms with Crippen molar-refractivity contribution in [2.45, 2.75) is 26.4 Å². The van der Waals surface area contributed by atoms with Crippen LogP contribution in [0.5, 0.6) is 11.5 Å². The number of methoxy groups -OCH3 is 1. The normalized spacial score (nSPS) is 16.9. The maximum absolute atomic E-state index is 10.9. The topological polar surface area (TPSA) is 80.1 Å². The summed E-state index contributed by atoms with van der Waals surface area (Å²) in [6, 6.07) is 4.15. The number of rotatable bonds is 10. The molecule has 1 heterocycles. The summed E-state index contributed by atoms with van der Waals surface area (Å²) >= 11 is 6.29. The highest BCUT2D eigenvalue weighted by atomic mass is 35.5. The van der Waals surface area contributed by atoms with Crippen LogP contribution in [-0.2, 0) is 11.3 Å². The highest BCUT2D eigenvalue weighted by Gasteiger charge is 2.20. The molecule has 0 bridgehead atoms. The van der Waals surface area contributed by atoms with Gasteiger partial charge in [-0.15, -0.1) is 0 Å². The van der Waals surface area contributed by atoms with E-state index in [0.29, 0.717) is 29.1 Å². The molecular weight excluding hydrogens is 368 g/mol. The van der Waals surface area contributed by atoms with Crippen LogP contribution in [0.3, 0.4) is 0 Å². The molecule has 1 fully saturated rings. The minimum Gasteiger partial charge on any atom is -0.493 e. The number of nitrogens with zero attached hydrogens (tertiary/aromatic N) is 2. The van der Waals surface area contributed by atoms with E-state index < -0.39 is 5.91 Å². The number of ether oxygens (including phenoxy) is 2. The van der Waals surface area contributed by atoms with Gasteiger partial charge in [-0.2, -0.15) is 0 Å². The molecule has 0 saturated carbocycles. The van der Waals surface area contributed by atoms with Crippen molar-refractivity contribution in [2.75, 3.05) is 53.0 Å². The predicted octanol–water partition coefficient (Wildman–Crippen LogP) is 1.33. The maximum Gasteiger partial charge on any atom is 0.255 e. The van der Waals surface area contributed by atoms with Crippen LogP contribution in [0.15, 0.2) is 12.1 Å². The number of halogens is 1. The van der Waals surface area contributed by atoms with Crippen LogP contribution in [0.25, 0.3) is 0 Å². The first kappa shape index (κ1) is 21.8. The van der Waals surface area contributed by atoms with Crippen molar-refractivity contribution in [3.05, 3.63) is 22.7 Å². The zero-order valence-electron chi connectivity index (χ0n) is 16.5. The fourth-order valence-corrected chi connectivity index (χ4v) is 3.52. The van der Waals surface area contributed by atoms with E-state index >= 15 is 0 Å². The minimum atomic E-state index is -0.562. The zero-order valence-corrected chi connectivity index (χ0v) is 17.2. The highest BCUT2D eigenvalue weighted by Crippen LogP contribution is 2.36. The first-order chi connectivity index (χ1) is 12.9. The fraction of sp³-hybridized carbons (Fsp3) is 0.632. The molecule has 0 radical (unpaired) electrons. The van der Waals surface area contributed by atoms with Crippen LogP contribution in [-0.4, -0.2) is 74.7 Å². The van der Waals surface area contributed by atoms with E-state index in [1.807, 2.05) is 12.1 Å². The third kappa shape index (κ3) is 6.53. The first-order valence-electron chi connectivity index (χ1n) is 9.39. The highest BCUT2D eigenvalue weighted by molar-refractivity contribution is 6.32.